The molecule has 0 saturated carbocycles. The topological polar surface area (TPSA) is 84.6 Å². The molecule has 1 aromatic heterocycles. The quantitative estimate of drug-likeness (QED) is 0.430. The van der Waals surface area contributed by atoms with Crippen LogP contribution in [-0.2, 0) is 6.54 Å². The first-order valence-corrected chi connectivity index (χ1v) is 7.03. The highest BCUT2D eigenvalue weighted by molar-refractivity contribution is 14.0. The molecule has 2 aromatic rings. The Kier molecular flexibility index (Phi) is 7.79. The normalized spacial score (nSPS) is 12.3. The van der Waals surface area contributed by atoms with Crippen LogP contribution in [0.25, 0.3) is 0 Å². The smallest absolute Gasteiger partial charge is 0.246 e. The van der Waals surface area contributed by atoms with Gasteiger partial charge < -0.3 is 19.9 Å². The number of aromatic nitrogens is 2. The molecule has 0 fully saturated rings. The van der Waals surface area contributed by atoms with Gasteiger partial charge in [0, 0.05) is 12.6 Å². The number of aliphatic imine (C=N–C) groups is 1. The SMILES string of the molecule is CN=C(NCc1nc(C)no1)NC(C)c1ccccc1OC.I. The predicted molar refractivity (Wildman–Crippen MR) is 99.2 cm³/mol. The average molecular weight is 431 g/mol. The standard InChI is InChI=1S/C15H21N5O2.HI/c1-10(12-7-5-6-8-13(12)21-4)18-15(16-3)17-9-14-19-11(2)20-22-14;/h5-8,10H,9H2,1-4H3,(H2,16,17,18);1H. The summed E-state index contributed by atoms with van der Waals surface area (Å²) >= 11 is 0. The van der Waals surface area contributed by atoms with Crippen molar-refractivity contribution in [3.8, 4) is 5.75 Å². The maximum atomic E-state index is 5.38. The number of nitrogens with one attached hydrogen (secondary N) is 2. The number of benzene rings is 1. The number of rotatable bonds is 5. The summed E-state index contributed by atoms with van der Waals surface area (Å²) in [6, 6.07) is 7.91. The molecule has 0 aliphatic rings. The molecule has 23 heavy (non-hydrogen) atoms. The first-order valence-electron chi connectivity index (χ1n) is 7.03. The number of hydrogen-bond donors (Lipinski definition) is 2. The van der Waals surface area contributed by atoms with Gasteiger partial charge in [0.05, 0.1) is 19.7 Å². The molecule has 0 aliphatic heterocycles. The Bertz CT molecular complexity index is 644. The third-order valence-electron chi connectivity index (χ3n) is 3.16. The minimum Gasteiger partial charge on any atom is -0.496 e. The number of ether oxygens (including phenoxy) is 1. The van der Waals surface area contributed by atoms with Crippen molar-refractivity contribution in [2.45, 2.75) is 26.4 Å². The molecule has 1 aromatic carbocycles. The number of aryl methyl sites for hydroxylation is 1. The van der Waals surface area contributed by atoms with Crippen molar-refractivity contribution < 1.29 is 9.26 Å². The number of para-hydroxylation sites is 1. The van der Waals surface area contributed by atoms with Crippen molar-refractivity contribution in [3.05, 3.63) is 41.5 Å². The lowest BCUT2D eigenvalue weighted by molar-refractivity contribution is 0.371. The zero-order chi connectivity index (χ0) is 15.9. The van der Waals surface area contributed by atoms with Crippen molar-refractivity contribution in [2.75, 3.05) is 14.2 Å². The summed E-state index contributed by atoms with van der Waals surface area (Å²) in [4.78, 5) is 8.33. The van der Waals surface area contributed by atoms with Gasteiger partial charge in [-0.2, -0.15) is 4.98 Å². The van der Waals surface area contributed by atoms with Gasteiger partial charge >= 0.3 is 0 Å². The first kappa shape index (κ1) is 19.2. The minimum absolute atomic E-state index is 0. The van der Waals surface area contributed by atoms with Crippen LogP contribution in [-0.4, -0.2) is 30.3 Å². The number of hydrogen-bond acceptors (Lipinski definition) is 5. The number of guanidine groups is 1. The fourth-order valence-electron chi connectivity index (χ4n) is 2.07. The molecule has 0 saturated heterocycles. The zero-order valence-electron chi connectivity index (χ0n) is 13.7. The molecule has 0 radical (unpaired) electrons. The summed E-state index contributed by atoms with van der Waals surface area (Å²) in [6.45, 7) is 4.24. The second-order valence-electron chi connectivity index (χ2n) is 4.77. The fourth-order valence-corrected chi connectivity index (χ4v) is 2.07. The monoisotopic (exact) mass is 431 g/mol. The van der Waals surface area contributed by atoms with Gasteiger partial charge in [-0.3, -0.25) is 4.99 Å². The highest BCUT2D eigenvalue weighted by Gasteiger charge is 2.12. The Morgan fingerprint density at radius 3 is 2.74 bits per heavy atom. The largest absolute Gasteiger partial charge is 0.496 e. The summed E-state index contributed by atoms with van der Waals surface area (Å²) in [5, 5.41) is 10.2. The Morgan fingerprint density at radius 2 is 2.13 bits per heavy atom. The van der Waals surface area contributed by atoms with Crippen molar-refractivity contribution in [2.24, 2.45) is 4.99 Å². The summed E-state index contributed by atoms with van der Waals surface area (Å²) in [6.07, 6.45) is 0. The Hall–Kier alpha value is -1.84. The first-order chi connectivity index (χ1) is 10.6. The molecular formula is C15H22IN5O2. The van der Waals surface area contributed by atoms with Gasteiger partial charge in [-0.25, -0.2) is 0 Å². The van der Waals surface area contributed by atoms with E-state index in [0.717, 1.165) is 11.3 Å². The van der Waals surface area contributed by atoms with E-state index in [-0.39, 0.29) is 30.0 Å². The fraction of sp³-hybridized carbons (Fsp3) is 0.400. The van der Waals surface area contributed by atoms with Gasteiger partial charge in [0.2, 0.25) is 5.89 Å². The summed E-state index contributed by atoms with van der Waals surface area (Å²) in [5.74, 6) is 2.62. The molecule has 2 N–H and O–H groups in total. The third-order valence-corrected chi connectivity index (χ3v) is 3.16. The molecule has 1 atom stereocenters. The van der Waals surface area contributed by atoms with Crippen molar-refractivity contribution in [3.63, 3.8) is 0 Å². The number of halogens is 1. The summed E-state index contributed by atoms with van der Waals surface area (Å²) < 4.78 is 10.4. The van der Waals surface area contributed by atoms with Crippen LogP contribution in [0.15, 0.2) is 33.8 Å². The van der Waals surface area contributed by atoms with E-state index in [1.807, 2.05) is 31.2 Å². The maximum Gasteiger partial charge on any atom is 0.246 e. The number of methoxy groups -OCH3 is 1. The predicted octanol–water partition coefficient (Wildman–Crippen LogP) is 2.43. The summed E-state index contributed by atoms with van der Waals surface area (Å²) in [5.41, 5.74) is 1.06. The zero-order valence-corrected chi connectivity index (χ0v) is 16.0. The lowest BCUT2D eigenvalue weighted by Gasteiger charge is -2.19. The van der Waals surface area contributed by atoms with Crippen LogP contribution in [0, 0.1) is 6.92 Å². The van der Waals surface area contributed by atoms with Crippen molar-refractivity contribution in [1.82, 2.24) is 20.8 Å². The van der Waals surface area contributed by atoms with Gasteiger partial charge in [0.1, 0.15) is 5.75 Å². The van der Waals surface area contributed by atoms with E-state index in [1.54, 1.807) is 21.1 Å². The van der Waals surface area contributed by atoms with E-state index >= 15 is 0 Å². The van der Waals surface area contributed by atoms with Crippen LogP contribution >= 0.6 is 24.0 Å². The Morgan fingerprint density at radius 1 is 1.39 bits per heavy atom. The van der Waals surface area contributed by atoms with E-state index in [1.165, 1.54) is 0 Å². The van der Waals surface area contributed by atoms with E-state index in [4.69, 9.17) is 9.26 Å². The summed E-state index contributed by atoms with van der Waals surface area (Å²) in [7, 11) is 3.37. The molecule has 7 nitrogen and oxygen atoms in total. The van der Waals surface area contributed by atoms with Gasteiger partial charge in [-0.15, -0.1) is 24.0 Å². The van der Waals surface area contributed by atoms with Gasteiger partial charge in [-0.05, 0) is 19.9 Å². The lowest BCUT2D eigenvalue weighted by atomic mass is 10.1. The van der Waals surface area contributed by atoms with Crippen LogP contribution in [0.5, 0.6) is 5.75 Å². The molecule has 0 bridgehead atoms. The van der Waals surface area contributed by atoms with E-state index in [0.29, 0.717) is 24.2 Å². The number of nitrogens with zero attached hydrogens (tertiary/aromatic N) is 3. The van der Waals surface area contributed by atoms with Gasteiger partial charge in [0.15, 0.2) is 11.8 Å². The van der Waals surface area contributed by atoms with Gasteiger partial charge in [0.25, 0.3) is 0 Å². The highest BCUT2D eigenvalue weighted by Crippen LogP contribution is 2.24. The molecule has 2 rings (SSSR count). The average Bonchev–Trinajstić information content (AvgIpc) is 2.96. The maximum absolute atomic E-state index is 5.38. The molecule has 1 unspecified atom stereocenters. The molecular weight excluding hydrogens is 409 g/mol. The molecule has 0 spiro atoms. The van der Waals surface area contributed by atoms with E-state index in [9.17, 15) is 0 Å². The Balaban J connectivity index is 0.00000264. The Labute approximate surface area is 152 Å². The van der Waals surface area contributed by atoms with Gasteiger partial charge in [-0.1, -0.05) is 23.4 Å². The van der Waals surface area contributed by atoms with E-state index in [2.05, 4.69) is 25.8 Å². The van der Waals surface area contributed by atoms with Crippen LogP contribution < -0.4 is 15.4 Å². The van der Waals surface area contributed by atoms with Crippen LogP contribution in [0.2, 0.25) is 0 Å². The van der Waals surface area contributed by atoms with Crippen LogP contribution in [0.3, 0.4) is 0 Å². The molecule has 126 valence electrons. The lowest BCUT2D eigenvalue weighted by Crippen LogP contribution is -2.38. The van der Waals surface area contributed by atoms with Crippen LogP contribution in [0.4, 0.5) is 0 Å². The molecule has 0 amide bonds. The highest BCUT2D eigenvalue weighted by atomic mass is 127. The molecule has 1 heterocycles. The van der Waals surface area contributed by atoms with E-state index < -0.39 is 0 Å². The van der Waals surface area contributed by atoms with Crippen molar-refractivity contribution in [1.29, 1.82) is 0 Å². The second kappa shape index (κ2) is 9.33. The third kappa shape index (κ3) is 5.38. The van der Waals surface area contributed by atoms with Crippen molar-refractivity contribution >= 4 is 29.9 Å². The second-order valence-corrected chi connectivity index (χ2v) is 4.77. The minimum atomic E-state index is 0. The van der Waals surface area contributed by atoms with Crippen LogP contribution in [0.1, 0.15) is 30.2 Å². The molecule has 8 heteroatoms. The molecule has 0 aliphatic carbocycles.